The highest BCUT2D eigenvalue weighted by Gasteiger charge is 2.19. The molecule has 0 bridgehead atoms. The number of methoxy groups -OCH3 is 2. The van der Waals surface area contributed by atoms with Gasteiger partial charge in [-0.1, -0.05) is 46.7 Å². The molecule has 0 saturated carbocycles. The summed E-state index contributed by atoms with van der Waals surface area (Å²) < 4.78 is 26.9. The number of carbonyl (C=O) groups is 1. The molecule has 0 aliphatic carbocycles. The summed E-state index contributed by atoms with van der Waals surface area (Å²) in [5.41, 5.74) is 4.88. The van der Waals surface area contributed by atoms with Crippen molar-refractivity contribution in [1.82, 2.24) is 4.57 Å². The fraction of sp³-hybridized carbons (Fsp3) is 0.152. The molecule has 214 valence electrons. The van der Waals surface area contributed by atoms with Crippen molar-refractivity contribution in [2.75, 3.05) is 19.5 Å². The number of halogens is 2. The van der Waals surface area contributed by atoms with Crippen molar-refractivity contribution in [1.29, 1.82) is 0 Å². The molecule has 1 aromatic heterocycles. The number of nitrogens with one attached hydrogen (secondary N) is 1. The highest BCUT2D eigenvalue weighted by atomic mass is 35.5. The Kier molecular flexibility index (Phi) is 9.05. The first-order valence-corrected chi connectivity index (χ1v) is 14.4. The van der Waals surface area contributed by atoms with Crippen LogP contribution in [0.2, 0.25) is 5.02 Å². The van der Waals surface area contributed by atoms with E-state index in [2.05, 4.69) is 9.88 Å². The van der Waals surface area contributed by atoms with E-state index in [1.54, 1.807) is 50.6 Å². The van der Waals surface area contributed by atoms with Crippen LogP contribution in [0.25, 0.3) is 11.3 Å². The van der Waals surface area contributed by atoms with Crippen molar-refractivity contribution in [3.63, 3.8) is 0 Å². The summed E-state index contributed by atoms with van der Waals surface area (Å²) in [4.78, 5) is 19.0. The molecule has 0 fully saturated rings. The number of aromatic nitrogens is 1. The van der Waals surface area contributed by atoms with Gasteiger partial charge in [0.25, 0.3) is 5.91 Å². The van der Waals surface area contributed by atoms with Gasteiger partial charge in [0.2, 0.25) is 0 Å². The lowest BCUT2D eigenvalue weighted by Crippen LogP contribution is -2.18. The zero-order chi connectivity index (χ0) is 29.6. The maximum Gasteiger partial charge on any atom is 0.256 e. The van der Waals surface area contributed by atoms with Crippen LogP contribution >= 0.6 is 22.9 Å². The van der Waals surface area contributed by atoms with Crippen molar-refractivity contribution in [3.05, 3.63) is 123 Å². The van der Waals surface area contributed by atoms with Crippen molar-refractivity contribution in [2.45, 2.75) is 19.9 Å². The number of rotatable bonds is 9. The van der Waals surface area contributed by atoms with Crippen molar-refractivity contribution < 1.29 is 18.7 Å². The molecule has 0 spiro atoms. The van der Waals surface area contributed by atoms with Crippen molar-refractivity contribution in [2.24, 2.45) is 4.99 Å². The first-order chi connectivity index (χ1) is 20.3. The van der Waals surface area contributed by atoms with Gasteiger partial charge in [-0.25, -0.2) is 9.38 Å². The van der Waals surface area contributed by atoms with E-state index in [0.29, 0.717) is 44.9 Å². The first kappa shape index (κ1) is 29.1. The standard InChI is InChI=1S/C33H29ClFN3O3S/c1-21-4-15-27(16-5-21)36-33-38(19-18-22-6-17-28(40-2)29(20-22)41-3)30(23-9-13-26(35)14-10-23)32(42-33)37-31(39)24-7-11-25(34)12-8-24/h4-17,20H,18-19H2,1-3H3,(H,37,39). The highest BCUT2D eigenvalue weighted by molar-refractivity contribution is 7.14. The fourth-order valence-electron chi connectivity index (χ4n) is 4.47. The minimum Gasteiger partial charge on any atom is -0.493 e. The molecule has 1 heterocycles. The average molecular weight is 602 g/mol. The number of carbonyl (C=O) groups excluding carboxylic acids is 1. The molecule has 0 atom stereocenters. The summed E-state index contributed by atoms with van der Waals surface area (Å²) in [6.07, 6.45) is 0.636. The number of nitrogens with zero attached hydrogens (tertiary/aromatic N) is 2. The topological polar surface area (TPSA) is 64.8 Å². The van der Waals surface area contributed by atoms with Gasteiger partial charge in [-0.15, -0.1) is 0 Å². The molecule has 9 heteroatoms. The monoisotopic (exact) mass is 601 g/mol. The second-order valence-electron chi connectivity index (χ2n) is 9.57. The molecule has 0 unspecified atom stereocenters. The van der Waals surface area contributed by atoms with Crippen LogP contribution in [-0.4, -0.2) is 24.7 Å². The van der Waals surface area contributed by atoms with Crippen LogP contribution in [0.1, 0.15) is 21.5 Å². The molecule has 0 aliphatic heterocycles. The summed E-state index contributed by atoms with van der Waals surface area (Å²) in [7, 11) is 3.21. The normalized spacial score (nSPS) is 11.4. The number of amides is 1. The lowest BCUT2D eigenvalue weighted by Gasteiger charge is -2.13. The van der Waals surface area contributed by atoms with Crippen LogP contribution in [0.3, 0.4) is 0 Å². The minimum atomic E-state index is -0.345. The zero-order valence-electron chi connectivity index (χ0n) is 23.4. The number of thiazole rings is 1. The number of anilines is 1. The van der Waals surface area contributed by atoms with Crippen LogP contribution in [0.15, 0.2) is 96.0 Å². The summed E-state index contributed by atoms with van der Waals surface area (Å²) in [6, 6.07) is 26.7. The van der Waals surface area contributed by atoms with Gasteiger partial charge >= 0.3 is 0 Å². The predicted octanol–water partition coefficient (Wildman–Crippen LogP) is 8.06. The number of hydrogen-bond donors (Lipinski definition) is 1. The highest BCUT2D eigenvalue weighted by Crippen LogP contribution is 2.33. The first-order valence-electron chi connectivity index (χ1n) is 13.2. The van der Waals surface area contributed by atoms with Gasteiger partial charge in [-0.2, -0.15) is 0 Å². The van der Waals surface area contributed by atoms with Crippen LogP contribution < -0.4 is 19.6 Å². The van der Waals surface area contributed by atoms with E-state index < -0.39 is 0 Å². The third-order valence-corrected chi connectivity index (χ3v) is 7.94. The van der Waals surface area contributed by atoms with E-state index in [4.69, 9.17) is 26.1 Å². The van der Waals surface area contributed by atoms with Crippen LogP contribution in [0, 0.1) is 12.7 Å². The number of ether oxygens (including phenoxy) is 2. The van der Waals surface area contributed by atoms with E-state index in [0.717, 1.165) is 28.1 Å². The lowest BCUT2D eigenvalue weighted by atomic mass is 10.1. The third kappa shape index (κ3) is 6.73. The van der Waals surface area contributed by atoms with E-state index in [1.165, 1.54) is 23.5 Å². The van der Waals surface area contributed by atoms with Gasteiger partial charge in [0, 0.05) is 22.7 Å². The molecule has 1 N–H and O–H groups in total. The Morgan fingerprint density at radius 2 is 1.62 bits per heavy atom. The van der Waals surface area contributed by atoms with Gasteiger partial charge in [-0.05, 0) is 91.7 Å². The quantitative estimate of drug-likeness (QED) is 0.186. The lowest BCUT2D eigenvalue weighted by molar-refractivity contribution is 0.102. The van der Waals surface area contributed by atoms with Gasteiger partial charge in [0.15, 0.2) is 16.3 Å². The molecule has 5 rings (SSSR count). The van der Waals surface area contributed by atoms with E-state index in [1.807, 2.05) is 49.4 Å². The fourth-order valence-corrected chi connectivity index (χ4v) is 5.69. The van der Waals surface area contributed by atoms with Gasteiger partial charge in [-0.3, -0.25) is 4.79 Å². The van der Waals surface area contributed by atoms with E-state index >= 15 is 0 Å². The number of benzene rings is 4. The Labute approximate surface area is 252 Å². The minimum absolute atomic E-state index is 0.287. The third-order valence-electron chi connectivity index (χ3n) is 6.69. The van der Waals surface area contributed by atoms with Crippen LogP contribution in [-0.2, 0) is 13.0 Å². The van der Waals surface area contributed by atoms with Crippen LogP contribution in [0.4, 0.5) is 15.1 Å². The molecule has 4 aromatic carbocycles. The molecular formula is C33H29ClFN3O3S. The predicted molar refractivity (Wildman–Crippen MR) is 167 cm³/mol. The SMILES string of the molecule is COc1ccc(CCn2c(-c3ccc(F)cc3)c(NC(=O)c3ccc(Cl)cc3)sc2=Nc2ccc(C)cc2)cc1OC. The maximum atomic E-state index is 14.0. The summed E-state index contributed by atoms with van der Waals surface area (Å²) in [5, 5.41) is 4.21. The molecule has 0 aliphatic rings. The van der Waals surface area contributed by atoms with E-state index in [-0.39, 0.29) is 11.7 Å². The summed E-state index contributed by atoms with van der Waals surface area (Å²) in [5.74, 6) is 0.663. The molecule has 1 amide bonds. The Morgan fingerprint density at radius 1 is 0.929 bits per heavy atom. The van der Waals surface area contributed by atoms with Crippen LogP contribution in [0.5, 0.6) is 11.5 Å². The second kappa shape index (κ2) is 13.1. The summed E-state index contributed by atoms with van der Waals surface area (Å²) >= 11 is 7.39. The smallest absolute Gasteiger partial charge is 0.256 e. The Morgan fingerprint density at radius 3 is 2.29 bits per heavy atom. The summed E-state index contributed by atoms with van der Waals surface area (Å²) in [6.45, 7) is 2.55. The largest absolute Gasteiger partial charge is 0.493 e. The Bertz CT molecular complexity index is 1760. The molecule has 5 aromatic rings. The second-order valence-corrected chi connectivity index (χ2v) is 11.0. The Hall–Kier alpha value is -4.40. The van der Waals surface area contributed by atoms with Crippen molar-refractivity contribution >= 4 is 39.5 Å². The molecule has 0 saturated heterocycles. The average Bonchev–Trinajstić information content (AvgIpc) is 3.33. The molecule has 0 radical (unpaired) electrons. The van der Waals surface area contributed by atoms with E-state index in [9.17, 15) is 9.18 Å². The number of aryl methyl sites for hydroxylation is 2. The van der Waals surface area contributed by atoms with Crippen molar-refractivity contribution in [3.8, 4) is 22.8 Å². The van der Waals surface area contributed by atoms with Gasteiger partial charge < -0.3 is 19.4 Å². The number of hydrogen-bond acceptors (Lipinski definition) is 5. The van der Waals surface area contributed by atoms with Gasteiger partial charge in [0.1, 0.15) is 10.8 Å². The Balaban J connectivity index is 1.63. The molecular weight excluding hydrogens is 573 g/mol. The zero-order valence-corrected chi connectivity index (χ0v) is 24.9. The van der Waals surface area contributed by atoms with Gasteiger partial charge in [0.05, 0.1) is 25.6 Å². The maximum absolute atomic E-state index is 14.0. The molecule has 42 heavy (non-hydrogen) atoms. The molecule has 6 nitrogen and oxygen atoms in total.